The number of carbonyl (C=O) groups is 1. The van der Waals surface area contributed by atoms with Gasteiger partial charge < -0.3 is 9.94 Å². The predicted molar refractivity (Wildman–Crippen MR) is 66.4 cm³/mol. The number of carbonyl (C=O) groups excluding carboxylic acids is 1. The van der Waals surface area contributed by atoms with Crippen LogP contribution in [0.15, 0.2) is 28.7 Å². The van der Waals surface area contributed by atoms with E-state index in [1.165, 1.54) is 11.3 Å². The van der Waals surface area contributed by atoms with Gasteiger partial charge in [0.1, 0.15) is 5.36 Å². The van der Waals surface area contributed by atoms with Crippen molar-refractivity contribution in [2.24, 2.45) is 5.16 Å². The molecule has 18 heavy (non-hydrogen) atoms. The fourth-order valence-corrected chi connectivity index (χ4v) is 2.33. The van der Waals surface area contributed by atoms with Crippen molar-refractivity contribution in [2.45, 2.75) is 13.3 Å². The summed E-state index contributed by atoms with van der Waals surface area (Å²) in [7, 11) is 0. The number of fused-ring (bicyclic) bond motifs is 1. The zero-order chi connectivity index (χ0) is 13.0. The van der Waals surface area contributed by atoms with Crippen molar-refractivity contribution >= 4 is 17.3 Å². The van der Waals surface area contributed by atoms with Crippen LogP contribution >= 0.6 is 11.3 Å². The van der Waals surface area contributed by atoms with E-state index in [-0.39, 0.29) is 12.4 Å². The monoisotopic (exact) mass is 264 g/mol. The summed E-state index contributed by atoms with van der Waals surface area (Å²) in [5, 5.41) is 14.1. The van der Waals surface area contributed by atoms with Gasteiger partial charge in [0.25, 0.3) is 0 Å². The summed E-state index contributed by atoms with van der Waals surface area (Å²) < 4.78 is 4.87. The second-order valence-electron chi connectivity index (χ2n) is 3.57. The highest BCUT2D eigenvalue weighted by Crippen LogP contribution is 2.22. The van der Waals surface area contributed by atoms with Gasteiger partial charge in [-0.05, 0) is 25.1 Å². The molecular weight excluding hydrogens is 252 g/mol. The molecule has 0 amide bonds. The van der Waals surface area contributed by atoms with E-state index in [0.717, 1.165) is 10.6 Å². The van der Waals surface area contributed by atoms with Crippen LogP contribution in [0, 0.1) is 0 Å². The van der Waals surface area contributed by atoms with E-state index in [9.17, 15) is 4.79 Å². The van der Waals surface area contributed by atoms with E-state index in [1.54, 1.807) is 30.5 Å². The van der Waals surface area contributed by atoms with E-state index in [0.29, 0.717) is 17.7 Å². The van der Waals surface area contributed by atoms with Crippen molar-refractivity contribution in [3.8, 4) is 10.6 Å². The number of benzene rings is 1. The number of hydrogen-bond donors (Lipinski definition) is 1. The van der Waals surface area contributed by atoms with Gasteiger partial charge in [-0.2, -0.15) is 0 Å². The zero-order valence-corrected chi connectivity index (χ0v) is 10.6. The van der Waals surface area contributed by atoms with Gasteiger partial charge in [0.15, 0.2) is 0 Å². The Hall–Kier alpha value is -1.95. The third-order valence-electron chi connectivity index (χ3n) is 2.28. The molecule has 1 N–H and O–H groups in total. The SMILES string of the molecule is CCOC(=O)Cc1csc2cc(=NO)ccc-2n1. The van der Waals surface area contributed by atoms with Crippen molar-refractivity contribution in [3.05, 3.63) is 34.6 Å². The van der Waals surface area contributed by atoms with Crippen LogP contribution in [0.3, 0.4) is 0 Å². The lowest BCUT2D eigenvalue weighted by molar-refractivity contribution is -0.142. The Morgan fingerprint density at radius 2 is 2.39 bits per heavy atom. The largest absolute Gasteiger partial charge is 0.466 e. The molecule has 0 aromatic carbocycles. The fourth-order valence-electron chi connectivity index (χ4n) is 1.51. The molecule has 0 radical (unpaired) electrons. The predicted octanol–water partition coefficient (Wildman–Crippen LogP) is 1.64. The first-order chi connectivity index (χ1) is 8.72. The minimum atomic E-state index is -0.279. The number of aromatic nitrogens is 1. The molecule has 0 saturated carbocycles. The maximum atomic E-state index is 11.3. The molecule has 2 aliphatic rings. The lowest BCUT2D eigenvalue weighted by Gasteiger charge is -2.06. The summed E-state index contributed by atoms with van der Waals surface area (Å²) in [5.41, 5.74) is 1.45. The second-order valence-corrected chi connectivity index (χ2v) is 4.48. The first kappa shape index (κ1) is 12.5. The molecule has 5 nitrogen and oxygen atoms in total. The molecule has 0 fully saturated rings. The molecule has 0 aromatic rings. The first-order valence-corrected chi connectivity index (χ1v) is 6.33. The maximum Gasteiger partial charge on any atom is 0.311 e. The Morgan fingerprint density at radius 1 is 1.56 bits per heavy atom. The maximum absolute atomic E-state index is 11.3. The Bertz CT molecular complexity index is 594. The number of ether oxygens (including phenoxy) is 1. The second kappa shape index (κ2) is 5.59. The van der Waals surface area contributed by atoms with Crippen molar-refractivity contribution < 1.29 is 14.7 Å². The Balaban J connectivity index is 2.29. The van der Waals surface area contributed by atoms with Crippen LogP contribution in [-0.4, -0.2) is 22.8 Å². The molecule has 1 heterocycles. The van der Waals surface area contributed by atoms with Crippen molar-refractivity contribution in [1.29, 1.82) is 0 Å². The number of hydrogen-bond acceptors (Lipinski definition) is 6. The normalized spacial score (nSPS) is 11.7. The third kappa shape index (κ3) is 2.84. The molecular formula is C12H12N2O3S. The molecule has 0 bridgehead atoms. The van der Waals surface area contributed by atoms with Crippen LogP contribution in [0.2, 0.25) is 0 Å². The standard InChI is InChI=1S/C12H12N2O3S/c1-2-17-12(15)6-9-7-18-11-5-8(14-16)3-4-10(11)13-9/h3-5,7,16H,2,6H2,1H3. The molecule has 0 spiro atoms. The molecule has 2 rings (SSSR count). The number of esters is 1. The summed E-state index contributed by atoms with van der Waals surface area (Å²) in [5.74, 6) is -0.279. The van der Waals surface area contributed by atoms with Crippen LogP contribution < -0.4 is 5.36 Å². The summed E-state index contributed by atoms with van der Waals surface area (Å²) in [4.78, 5) is 16.6. The topological polar surface area (TPSA) is 71.8 Å². The fraction of sp³-hybridized carbons (Fsp3) is 0.250. The van der Waals surface area contributed by atoms with Crippen LogP contribution in [0.4, 0.5) is 0 Å². The molecule has 0 aromatic heterocycles. The van der Waals surface area contributed by atoms with E-state index < -0.39 is 0 Å². The Kier molecular flexibility index (Phi) is 3.88. The van der Waals surface area contributed by atoms with Gasteiger partial charge in [-0.15, -0.1) is 11.3 Å². The highest BCUT2D eigenvalue weighted by molar-refractivity contribution is 7.13. The number of rotatable bonds is 3. The Labute approximate surface area is 108 Å². The van der Waals surface area contributed by atoms with Crippen LogP contribution in [0.5, 0.6) is 0 Å². The minimum Gasteiger partial charge on any atom is -0.466 e. The van der Waals surface area contributed by atoms with E-state index in [2.05, 4.69) is 10.1 Å². The summed E-state index contributed by atoms with van der Waals surface area (Å²) >= 11 is 1.45. The van der Waals surface area contributed by atoms with Gasteiger partial charge >= 0.3 is 5.97 Å². The van der Waals surface area contributed by atoms with E-state index in [1.807, 2.05) is 0 Å². The summed E-state index contributed by atoms with van der Waals surface area (Å²) in [6.45, 7) is 2.14. The number of nitrogens with zero attached hydrogens (tertiary/aromatic N) is 2. The molecule has 0 saturated heterocycles. The van der Waals surface area contributed by atoms with Gasteiger partial charge in [0, 0.05) is 5.38 Å². The zero-order valence-electron chi connectivity index (χ0n) is 9.79. The van der Waals surface area contributed by atoms with Crippen molar-refractivity contribution in [2.75, 3.05) is 6.61 Å². The van der Waals surface area contributed by atoms with Gasteiger partial charge in [-0.1, -0.05) is 5.16 Å². The first-order valence-electron chi connectivity index (χ1n) is 5.45. The summed E-state index contributed by atoms with van der Waals surface area (Å²) in [6, 6.07) is 5.16. The molecule has 1 aliphatic heterocycles. The van der Waals surface area contributed by atoms with Gasteiger partial charge in [0.2, 0.25) is 0 Å². The Morgan fingerprint density at radius 3 is 3.11 bits per heavy atom. The lowest BCUT2D eigenvalue weighted by atomic mass is 10.2. The summed E-state index contributed by atoms with van der Waals surface area (Å²) in [6.07, 6.45) is 0.173. The molecule has 94 valence electrons. The van der Waals surface area contributed by atoms with Crippen molar-refractivity contribution in [1.82, 2.24) is 4.98 Å². The molecule has 0 atom stereocenters. The van der Waals surface area contributed by atoms with Gasteiger partial charge in [-0.25, -0.2) is 0 Å². The van der Waals surface area contributed by atoms with Crippen LogP contribution in [-0.2, 0) is 16.0 Å². The van der Waals surface area contributed by atoms with E-state index in [4.69, 9.17) is 9.94 Å². The van der Waals surface area contributed by atoms with Crippen LogP contribution in [0.1, 0.15) is 12.6 Å². The van der Waals surface area contributed by atoms with Gasteiger partial charge in [-0.3, -0.25) is 9.78 Å². The van der Waals surface area contributed by atoms with Crippen molar-refractivity contribution in [3.63, 3.8) is 0 Å². The quantitative estimate of drug-likeness (QED) is 0.519. The van der Waals surface area contributed by atoms with E-state index >= 15 is 0 Å². The van der Waals surface area contributed by atoms with Crippen LogP contribution in [0.25, 0.3) is 10.6 Å². The highest BCUT2D eigenvalue weighted by atomic mass is 32.1. The van der Waals surface area contributed by atoms with Gasteiger partial charge in [0.05, 0.1) is 29.3 Å². The molecule has 1 aliphatic carbocycles. The smallest absolute Gasteiger partial charge is 0.311 e. The lowest BCUT2D eigenvalue weighted by Crippen LogP contribution is -2.09. The highest BCUT2D eigenvalue weighted by Gasteiger charge is 2.09. The average molecular weight is 264 g/mol. The average Bonchev–Trinajstić information content (AvgIpc) is 2.38. The third-order valence-corrected chi connectivity index (χ3v) is 3.25. The molecule has 6 heteroatoms. The molecule has 0 unspecified atom stereocenters. The minimum absolute atomic E-state index is 0.173.